The van der Waals surface area contributed by atoms with E-state index in [4.69, 9.17) is 5.11 Å². The Balaban J connectivity index is 0.000000224. The molecular formula is C20H31NO. The van der Waals surface area contributed by atoms with Crippen molar-refractivity contribution in [2.45, 2.75) is 59.8 Å². The minimum absolute atomic E-state index is 0.276. The van der Waals surface area contributed by atoms with Crippen LogP contribution in [0.5, 0.6) is 5.75 Å². The van der Waals surface area contributed by atoms with Gasteiger partial charge >= 0.3 is 0 Å². The lowest BCUT2D eigenvalue weighted by molar-refractivity contribution is 0.180. The molecule has 1 aromatic rings. The van der Waals surface area contributed by atoms with E-state index in [0.29, 0.717) is 5.41 Å². The molecule has 1 aliphatic carbocycles. The highest BCUT2D eigenvalue weighted by atomic mass is 16.3. The van der Waals surface area contributed by atoms with Gasteiger partial charge in [0.05, 0.1) is 0 Å². The highest BCUT2D eigenvalue weighted by Gasteiger charge is 2.25. The predicted octanol–water partition coefficient (Wildman–Crippen LogP) is 6.07. The van der Waals surface area contributed by atoms with Gasteiger partial charge in [-0.1, -0.05) is 52.2 Å². The summed E-state index contributed by atoms with van der Waals surface area (Å²) in [7, 11) is 0. The number of phenolic OH excluding ortho intramolecular Hbond substituents is 1. The molecule has 0 aromatic heterocycles. The SMILES string of the molecule is C=N/C=C(\C)c1ccc(O)cc1.CC(C)(C)C1CCCCC1. The minimum atomic E-state index is 0.276. The lowest BCUT2D eigenvalue weighted by Gasteiger charge is -2.33. The standard InChI is InChI=1S/C10H11NO.C10H20/c1-8(7-11-2)9-3-5-10(12)6-4-9;1-10(2,3)9-7-5-4-6-8-9/h3-7,12H,2H2,1H3;9H,4-8H2,1-3H3/b8-7+;. The first-order valence-electron chi connectivity index (χ1n) is 8.26. The molecule has 0 saturated heterocycles. The molecule has 2 nitrogen and oxygen atoms in total. The Labute approximate surface area is 136 Å². The molecule has 0 radical (unpaired) electrons. The van der Waals surface area contributed by atoms with E-state index in [1.54, 1.807) is 18.3 Å². The average molecular weight is 301 g/mol. The largest absolute Gasteiger partial charge is 0.508 e. The van der Waals surface area contributed by atoms with E-state index in [9.17, 15) is 0 Å². The summed E-state index contributed by atoms with van der Waals surface area (Å²) >= 11 is 0. The van der Waals surface area contributed by atoms with Crippen LogP contribution in [0, 0.1) is 11.3 Å². The van der Waals surface area contributed by atoms with Crippen LogP contribution in [-0.2, 0) is 0 Å². The first kappa shape index (κ1) is 18.5. The van der Waals surface area contributed by atoms with Crippen LogP contribution < -0.4 is 0 Å². The normalized spacial score (nSPS) is 16.6. The van der Waals surface area contributed by atoms with Crippen molar-refractivity contribution in [1.82, 2.24) is 0 Å². The van der Waals surface area contributed by atoms with Gasteiger partial charge in [-0.2, -0.15) is 0 Å². The number of aromatic hydroxyl groups is 1. The molecule has 0 amide bonds. The molecule has 0 heterocycles. The maximum absolute atomic E-state index is 9.01. The van der Waals surface area contributed by atoms with Crippen LogP contribution in [0.15, 0.2) is 35.5 Å². The third kappa shape index (κ3) is 6.46. The maximum Gasteiger partial charge on any atom is 0.115 e. The van der Waals surface area contributed by atoms with Crippen molar-refractivity contribution in [3.05, 3.63) is 36.0 Å². The molecule has 1 aliphatic rings. The summed E-state index contributed by atoms with van der Waals surface area (Å²) < 4.78 is 0. The molecule has 0 atom stereocenters. The fraction of sp³-hybridized carbons (Fsp3) is 0.550. The van der Waals surface area contributed by atoms with Crippen molar-refractivity contribution in [2.75, 3.05) is 0 Å². The van der Waals surface area contributed by atoms with Gasteiger partial charge < -0.3 is 5.11 Å². The molecule has 2 heteroatoms. The lowest BCUT2D eigenvalue weighted by atomic mass is 9.72. The maximum atomic E-state index is 9.01. The van der Waals surface area contributed by atoms with Crippen LogP contribution in [0.1, 0.15) is 65.4 Å². The summed E-state index contributed by atoms with van der Waals surface area (Å²) in [6.07, 6.45) is 9.07. The Kier molecular flexibility index (Phi) is 7.37. The molecule has 122 valence electrons. The van der Waals surface area contributed by atoms with Crippen LogP contribution >= 0.6 is 0 Å². The molecule has 1 fully saturated rings. The third-order valence-corrected chi connectivity index (χ3v) is 4.44. The lowest BCUT2D eigenvalue weighted by Crippen LogP contribution is -2.22. The zero-order chi connectivity index (χ0) is 16.6. The van der Waals surface area contributed by atoms with E-state index >= 15 is 0 Å². The van der Waals surface area contributed by atoms with Gasteiger partial charge in [0.2, 0.25) is 0 Å². The first-order chi connectivity index (χ1) is 10.3. The molecule has 22 heavy (non-hydrogen) atoms. The van der Waals surface area contributed by atoms with Crippen LogP contribution in [0.2, 0.25) is 0 Å². The van der Waals surface area contributed by atoms with Crippen LogP contribution in [0.3, 0.4) is 0 Å². The molecule has 0 spiro atoms. The van der Waals surface area contributed by atoms with Gasteiger partial charge in [-0.25, -0.2) is 0 Å². The zero-order valence-electron chi connectivity index (χ0n) is 14.6. The van der Waals surface area contributed by atoms with Gasteiger partial charge in [-0.15, -0.1) is 0 Å². The van der Waals surface area contributed by atoms with Gasteiger partial charge in [0.15, 0.2) is 0 Å². The number of hydrogen-bond donors (Lipinski definition) is 1. The average Bonchev–Trinajstić information content (AvgIpc) is 2.49. The van der Waals surface area contributed by atoms with Crippen LogP contribution in [0.25, 0.3) is 5.57 Å². The summed E-state index contributed by atoms with van der Waals surface area (Å²) in [5.41, 5.74) is 2.64. The first-order valence-corrected chi connectivity index (χ1v) is 8.26. The number of rotatable bonds is 2. The number of allylic oxidation sites excluding steroid dienone is 1. The molecule has 1 N–H and O–H groups in total. The zero-order valence-corrected chi connectivity index (χ0v) is 14.6. The second-order valence-electron chi connectivity index (χ2n) is 7.24. The number of phenols is 1. The number of nitrogens with zero attached hydrogens (tertiary/aromatic N) is 1. The van der Waals surface area contributed by atoms with E-state index in [1.165, 1.54) is 32.1 Å². The molecule has 2 rings (SSSR count). The molecule has 1 aromatic carbocycles. The van der Waals surface area contributed by atoms with Crippen LogP contribution in [0.4, 0.5) is 0 Å². The second kappa shape index (κ2) is 8.77. The van der Waals surface area contributed by atoms with Crippen molar-refractivity contribution in [3.63, 3.8) is 0 Å². The monoisotopic (exact) mass is 301 g/mol. The number of aliphatic imine (C=N–C) groups is 1. The Morgan fingerprint density at radius 3 is 2.09 bits per heavy atom. The summed E-state index contributed by atoms with van der Waals surface area (Å²) in [6.45, 7) is 12.4. The molecule has 0 bridgehead atoms. The second-order valence-corrected chi connectivity index (χ2v) is 7.24. The summed E-state index contributed by atoms with van der Waals surface area (Å²) in [6, 6.07) is 6.98. The Bertz CT molecular complexity index is 473. The van der Waals surface area contributed by atoms with E-state index in [2.05, 4.69) is 32.5 Å². The van der Waals surface area contributed by atoms with E-state index in [1.807, 2.05) is 19.1 Å². The Morgan fingerprint density at radius 2 is 1.68 bits per heavy atom. The van der Waals surface area contributed by atoms with E-state index in [-0.39, 0.29) is 5.75 Å². The number of hydrogen-bond acceptors (Lipinski definition) is 2. The summed E-state index contributed by atoms with van der Waals surface area (Å²) in [5.74, 6) is 1.28. The summed E-state index contributed by atoms with van der Waals surface area (Å²) in [5, 5.41) is 9.01. The van der Waals surface area contributed by atoms with Crippen molar-refractivity contribution < 1.29 is 5.11 Å². The Morgan fingerprint density at radius 1 is 1.14 bits per heavy atom. The predicted molar refractivity (Wildman–Crippen MR) is 97.3 cm³/mol. The van der Waals surface area contributed by atoms with Crippen molar-refractivity contribution in [1.29, 1.82) is 0 Å². The molecule has 0 unspecified atom stereocenters. The van der Waals surface area contributed by atoms with Crippen molar-refractivity contribution in [3.8, 4) is 5.75 Å². The number of benzene rings is 1. The van der Waals surface area contributed by atoms with Gasteiger partial charge in [0.1, 0.15) is 5.75 Å². The fourth-order valence-electron chi connectivity index (χ4n) is 2.90. The molecular weight excluding hydrogens is 270 g/mol. The van der Waals surface area contributed by atoms with Gasteiger partial charge in [-0.3, -0.25) is 4.99 Å². The van der Waals surface area contributed by atoms with Crippen molar-refractivity contribution in [2.24, 2.45) is 16.3 Å². The fourth-order valence-corrected chi connectivity index (χ4v) is 2.90. The third-order valence-electron chi connectivity index (χ3n) is 4.44. The highest BCUT2D eigenvalue weighted by molar-refractivity contribution is 5.64. The van der Waals surface area contributed by atoms with E-state index in [0.717, 1.165) is 17.1 Å². The topological polar surface area (TPSA) is 32.6 Å². The summed E-state index contributed by atoms with van der Waals surface area (Å²) in [4.78, 5) is 3.66. The van der Waals surface area contributed by atoms with Crippen molar-refractivity contribution >= 4 is 12.3 Å². The van der Waals surface area contributed by atoms with E-state index < -0.39 is 0 Å². The van der Waals surface area contributed by atoms with Crippen LogP contribution in [-0.4, -0.2) is 11.8 Å². The quantitative estimate of drug-likeness (QED) is 0.661. The van der Waals surface area contributed by atoms with Gasteiger partial charge in [0, 0.05) is 6.20 Å². The molecule has 0 aliphatic heterocycles. The Hall–Kier alpha value is -1.57. The van der Waals surface area contributed by atoms with Gasteiger partial charge in [-0.05, 0) is 61.1 Å². The molecule has 1 saturated carbocycles. The van der Waals surface area contributed by atoms with Gasteiger partial charge in [0.25, 0.3) is 0 Å². The highest BCUT2D eigenvalue weighted by Crippen LogP contribution is 2.37. The smallest absolute Gasteiger partial charge is 0.115 e. The minimum Gasteiger partial charge on any atom is -0.508 e.